The van der Waals surface area contributed by atoms with Gasteiger partial charge in [0.25, 0.3) is 5.97 Å². The van der Waals surface area contributed by atoms with Gasteiger partial charge >= 0.3 is 5.97 Å². The molecule has 0 saturated heterocycles. The van der Waals surface area contributed by atoms with E-state index in [0.717, 1.165) is 6.92 Å². The van der Waals surface area contributed by atoms with E-state index in [0.29, 0.717) is 10.2 Å². The smallest absolute Gasteiger partial charge is 0.321 e. The fraction of sp³-hybridized carbons (Fsp3) is 0.200. The van der Waals surface area contributed by atoms with E-state index in [2.05, 4.69) is 0 Å². The lowest BCUT2D eigenvalue weighted by Gasteiger charge is -1.99. The Morgan fingerprint density at radius 1 is 1.33 bits per heavy atom. The second-order valence-corrected chi connectivity index (χ2v) is 3.20. The van der Waals surface area contributed by atoms with Crippen LogP contribution in [0.3, 0.4) is 0 Å². The quantitative estimate of drug-likeness (QED) is 0.392. The normalized spacial score (nSPS) is 8.40. The Morgan fingerprint density at radius 3 is 2.20 bits per heavy atom. The van der Waals surface area contributed by atoms with Gasteiger partial charge in [-0.25, -0.2) is 0 Å². The van der Waals surface area contributed by atoms with Crippen molar-refractivity contribution in [2.24, 2.45) is 0 Å². The third-order valence-corrected chi connectivity index (χ3v) is 1.71. The fourth-order valence-electron chi connectivity index (χ4n) is 0.647. The molecular weight excluding hydrogens is 311 g/mol. The van der Waals surface area contributed by atoms with Gasteiger partial charge in [0.2, 0.25) is 0 Å². The van der Waals surface area contributed by atoms with Crippen molar-refractivity contribution in [1.82, 2.24) is 0 Å². The van der Waals surface area contributed by atoms with Crippen molar-refractivity contribution in [3.63, 3.8) is 0 Å². The van der Waals surface area contributed by atoms with Gasteiger partial charge in [0.05, 0.1) is 4.43 Å². The minimum absolute atomic E-state index is 0.211. The summed E-state index contributed by atoms with van der Waals surface area (Å²) < 4.78 is 5.30. The molecule has 0 saturated carbocycles. The molecule has 1 N–H and O–H groups in total. The zero-order chi connectivity index (χ0) is 11.7. The van der Waals surface area contributed by atoms with Crippen molar-refractivity contribution in [2.45, 2.75) is 6.92 Å². The second kappa shape index (κ2) is 8.22. The van der Waals surface area contributed by atoms with Crippen LogP contribution in [0.2, 0.25) is 0 Å². The molecule has 5 heteroatoms. The highest BCUT2D eigenvalue weighted by Gasteiger charge is 1.99. The summed E-state index contributed by atoms with van der Waals surface area (Å²) in [6.45, 7) is 1.08. The summed E-state index contributed by atoms with van der Waals surface area (Å²) in [6.07, 6.45) is 0. The Balaban J connectivity index is 0.000000423. The van der Waals surface area contributed by atoms with Gasteiger partial charge in [0.1, 0.15) is 5.75 Å². The highest BCUT2D eigenvalue weighted by molar-refractivity contribution is 14.1. The third kappa shape index (κ3) is 9.20. The number of para-hydroxylation sites is 1. The molecule has 0 aromatic heterocycles. The number of halogens is 1. The highest BCUT2D eigenvalue weighted by Crippen LogP contribution is 2.08. The number of carboxylic acid groups (broad SMARTS) is 1. The first kappa shape index (κ1) is 13.9. The molecule has 0 atom stereocenters. The minimum atomic E-state index is -0.833. The first-order valence-electron chi connectivity index (χ1n) is 4.07. The minimum Gasteiger partial charge on any atom is -0.481 e. The van der Waals surface area contributed by atoms with E-state index in [1.54, 1.807) is 12.1 Å². The molecule has 1 aromatic carbocycles. The molecule has 1 rings (SSSR count). The van der Waals surface area contributed by atoms with Crippen LogP contribution in [0.5, 0.6) is 5.75 Å². The molecule has 0 spiro atoms. The summed E-state index contributed by atoms with van der Waals surface area (Å²) in [4.78, 5) is 19.8. The molecule has 4 nitrogen and oxygen atoms in total. The third-order valence-electron chi connectivity index (χ3n) is 1.08. The SMILES string of the molecule is CC(=O)O.O=C(CI)Oc1ccccc1. The summed E-state index contributed by atoms with van der Waals surface area (Å²) in [6, 6.07) is 9.04. The molecule has 0 aliphatic heterocycles. The van der Waals surface area contributed by atoms with E-state index in [9.17, 15) is 4.79 Å². The van der Waals surface area contributed by atoms with Gasteiger partial charge in [-0.2, -0.15) is 0 Å². The highest BCUT2D eigenvalue weighted by atomic mass is 127. The molecule has 0 aliphatic carbocycles. The van der Waals surface area contributed by atoms with E-state index in [4.69, 9.17) is 14.6 Å². The molecule has 0 unspecified atom stereocenters. The van der Waals surface area contributed by atoms with Gasteiger partial charge < -0.3 is 9.84 Å². The predicted octanol–water partition coefficient (Wildman–Crippen LogP) is 2.12. The average molecular weight is 322 g/mol. The maximum Gasteiger partial charge on any atom is 0.321 e. The second-order valence-electron chi connectivity index (χ2n) is 2.44. The van der Waals surface area contributed by atoms with E-state index >= 15 is 0 Å². The van der Waals surface area contributed by atoms with Crippen molar-refractivity contribution in [1.29, 1.82) is 0 Å². The van der Waals surface area contributed by atoms with Crippen molar-refractivity contribution < 1.29 is 19.4 Å². The monoisotopic (exact) mass is 322 g/mol. The molecule has 0 heterocycles. The Bertz CT molecular complexity index is 306. The van der Waals surface area contributed by atoms with Crippen LogP contribution in [0, 0.1) is 0 Å². The van der Waals surface area contributed by atoms with Crippen LogP contribution in [0.25, 0.3) is 0 Å². The number of esters is 1. The molecule has 0 aliphatic rings. The number of carbonyl (C=O) groups is 2. The summed E-state index contributed by atoms with van der Waals surface area (Å²) in [5, 5.41) is 7.42. The van der Waals surface area contributed by atoms with E-state index < -0.39 is 5.97 Å². The molecular formula is C10H11IO4. The van der Waals surface area contributed by atoms with Crippen LogP contribution in [-0.2, 0) is 9.59 Å². The number of alkyl halides is 1. The van der Waals surface area contributed by atoms with Gasteiger partial charge in [-0.15, -0.1) is 0 Å². The van der Waals surface area contributed by atoms with Crippen LogP contribution < -0.4 is 4.74 Å². The Morgan fingerprint density at radius 2 is 1.80 bits per heavy atom. The fourth-order valence-corrected chi connectivity index (χ4v) is 0.803. The van der Waals surface area contributed by atoms with E-state index in [1.807, 2.05) is 40.8 Å². The van der Waals surface area contributed by atoms with Crippen LogP contribution in [-0.4, -0.2) is 21.5 Å². The van der Waals surface area contributed by atoms with Crippen molar-refractivity contribution >= 4 is 34.5 Å². The first-order chi connectivity index (χ1) is 7.06. The van der Waals surface area contributed by atoms with Crippen LogP contribution in [0.4, 0.5) is 0 Å². The van der Waals surface area contributed by atoms with Crippen molar-refractivity contribution in [3.05, 3.63) is 30.3 Å². The Labute approximate surface area is 101 Å². The van der Waals surface area contributed by atoms with Crippen molar-refractivity contribution in [3.8, 4) is 5.75 Å². The molecule has 15 heavy (non-hydrogen) atoms. The maximum atomic E-state index is 10.8. The Hall–Kier alpha value is -1.11. The molecule has 0 amide bonds. The van der Waals surface area contributed by atoms with Crippen LogP contribution >= 0.6 is 22.6 Å². The summed E-state index contributed by atoms with van der Waals surface area (Å²) in [5.41, 5.74) is 0. The lowest BCUT2D eigenvalue weighted by atomic mass is 10.3. The summed E-state index contributed by atoms with van der Waals surface area (Å²) in [5.74, 6) is -0.439. The van der Waals surface area contributed by atoms with E-state index in [-0.39, 0.29) is 5.97 Å². The predicted molar refractivity (Wildman–Crippen MR) is 64.3 cm³/mol. The van der Waals surface area contributed by atoms with Crippen LogP contribution in [0.1, 0.15) is 6.92 Å². The van der Waals surface area contributed by atoms with Crippen molar-refractivity contribution in [2.75, 3.05) is 4.43 Å². The van der Waals surface area contributed by atoms with Gasteiger partial charge in [-0.3, -0.25) is 9.59 Å². The molecule has 0 fully saturated rings. The molecule has 82 valence electrons. The number of carboxylic acids is 1. The number of aliphatic carboxylic acids is 1. The van der Waals surface area contributed by atoms with Gasteiger partial charge in [0.15, 0.2) is 0 Å². The largest absolute Gasteiger partial charge is 0.481 e. The van der Waals surface area contributed by atoms with Crippen LogP contribution in [0.15, 0.2) is 30.3 Å². The number of ether oxygens (including phenoxy) is 1. The number of carbonyl (C=O) groups excluding carboxylic acids is 1. The number of benzene rings is 1. The average Bonchev–Trinajstić information content (AvgIpc) is 2.18. The number of hydrogen-bond donors (Lipinski definition) is 1. The standard InChI is InChI=1S/C8H7IO2.C2H4O2/c9-6-8(10)11-7-4-2-1-3-5-7;1-2(3)4/h1-5H,6H2;1H3,(H,3,4). The van der Waals surface area contributed by atoms with E-state index in [1.165, 1.54) is 0 Å². The molecule has 0 bridgehead atoms. The van der Waals surface area contributed by atoms with Gasteiger partial charge in [-0.05, 0) is 12.1 Å². The molecule has 0 radical (unpaired) electrons. The zero-order valence-corrected chi connectivity index (χ0v) is 10.3. The summed E-state index contributed by atoms with van der Waals surface area (Å²) in [7, 11) is 0. The maximum absolute atomic E-state index is 10.8. The number of hydrogen-bond acceptors (Lipinski definition) is 3. The topological polar surface area (TPSA) is 63.6 Å². The number of rotatable bonds is 2. The van der Waals surface area contributed by atoms with Gasteiger partial charge in [0, 0.05) is 6.92 Å². The first-order valence-corrected chi connectivity index (χ1v) is 5.60. The Kier molecular flexibility index (Phi) is 7.61. The summed E-state index contributed by atoms with van der Waals surface area (Å²) >= 11 is 1.97. The zero-order valence-electron chi connectivity index (χ0n) is 8.14. The lowest BCUT2D eigenvalue weighted by molar-refractivity contribution is -0.134. The lowest BCUT2D eigenvalue weighted by Crippen LogP contribution is -2.08. The molecule has 1 aromatic rings. The van der Waals surface area contributed by atoms with Gasteiger partial charge in [-0.1, -0.05) is 40.8 Å².